The monoisotopic (exact) mass is 609 g/mol. The highest BCUT2D eigenvalue weighted by Gasteiger charge is 2.35. The molecule has 0 spiro atoms. The van der Waals surface area contributed by atoms with Gasteiger partial charge in [0.2, 0.25) is 0 Å². The van der Waals surface area contributed by atoms with E-state index in [1.807, 2.05) is 43.3 Å². The van der Waals surface area contributed by atoms with Crippen LogP contribution in [0.15, 0.2) is 64.7 Å². The number of nitrogens with one attached hydrogen (secondary N) is 3. The second-order valence-electron chi connectivity index (χ2n) is 12.7. The number of rotatable bonds is 9. The number of fused-ring (bicyclic) bond motifs is 1. The number of hydrogen-bond donors (Lipinski definition) is 3. The van der Waals surface area contributed by atoms with Gasteiger partial charge in [-0.05, 0) is 56.1 Å². The third-order valence-corrected chi connectivity index (χ3v) is 9.88. The number of amides is 1. The average molecular weight is 610 g/mol. The summed E-state index contributed by atoms with van der Waals surface area (Å²) in [6.45, 7) is 5.93. The van der Waals surface area contributed by atoms with E-state index >= 15 is 0 Å². The number of nitrogens with zero attached hydrogens (tertiary/aromatic N) is 2. The molecule has 2 aromatic heterocycles. The Balaban J connectivity index is 1.24. The van der Waals surface area contributed by atoms with Crippen LogP contribution >= 0.6 is 0 Å². The van der Waals surface area contributed by atoms with Gasteiger partial charge >= 0.3 is 5.69 Å². The van der Waals surface area contributed by atoms with Crippen molar-refractivity contribution in [2.24, 2.45) is 11.8 Å². The SMILES string of the molecule is C=C(C(=O)NC(C)c1ccccc1OC)c1ccc(-c2nc3[nH]c(=O)n(C(C4CCCCC4)C4CCCCC4)c(=O)c3[nH]2)cc1. The van der Waals surface area contributed by atoms with Crippen LogP contribution in [0.2, 0.25) is 0 Å². The second kappa shape index (κ2) is 13.3. The van der Waals surface area contributed by atoms with Crippen LogP contribution in [0, 0.1) is 11.8 Å². The van der Waals surface area contributed by atoms with Crippen molar-refractivity contribution >= 4 is 22.6 Å². The van der Waals surface area contributed by atoms with Crippen LogP contribution in [0.25, 0.3) is 28.1 Å². The highest BCUT2D eigenvalue weighted by atomic mass is 16.5. The van der Waals surface area contributed by atoms with E-state index in [0.29, 0.717) is 40.1 Å². The maximum Gasteiger partial charge on any atom is 0.330 e. The van der Waals surface area contributed by atoms with Gasteiger partial charge in [-0.1, -0.05) is 87.6 Å². The predicted molar refractivity (Wildman–Crippen MR) is 177 cm³/mol. The van der Waals surface area contributed by atoms with Gasteiger partial charge in [0.25, 0.3) is 11.5 Å². The van der Waals surface area contributed by atoms with Crippen molar-refractivity contribution in [3.05, 3.63) is 87.1 Å². The molecule has 6 rings (SSSR count). The Labute approximate surface area is 263 Å². The van der Waals surface area contributed by atoms with E-state index in [1.54, 1.807) is 19.2 Å². The Bertz CT molecular complexity index is 1770. The second-order valence-corrected chi connectivity index (χ2v) is 12.7. The number of aromatic amines is 2. The van der Waals surface area contributed by atoms with E-state index < -0.39 is 0 Å². The summed E-state index contributed by atoms with van der Waals surface area (Å²) in [5.74, 6) is 1.59. The summed E-state index contributed by atoms with van der Waals surface area (Å²) < 4.78 is 6.96. The van der Waals surface area contributed by atoms with Gasteiger partial charge < -0.3 is 15.0 Å². The molecule has 2 aliphatic rings. The standard InChI is InChI=1S/C36H43N5O4/c1-22(34(42)37-23(2)28-16-10-11-17-29(28)45-3)24-18-20-27(21-19-24)32-38-30-33(39-32)40-36(44)41(35(30)43)31(25-12-6-4-7-13-25)26-14-8-5-9-15-26/h10-11,16-21,23,25-26,31H,1,4-9,12-15H2,2-3H3,(H,37,42)(H,38,39)(H,40,44). The molecule has 2 aromatic carbocycles. The third-order valence-electron chi connectivity index (χ3n) is 9.88. The first kappa shape index (κ1) is 30.6. The average Bonchev–Trinajstić information content (AvgIpc) is 3.51. The quantitative estimate of drug-likeness (QED) is 0.183. The lowest BCUT2D eigenvalue weighted by Crippen LogP contribution is -2.44. The highest BCUT2D eigenvalue weighted by molar-refractivity contribution is 6.18. The first-order valence-corrected chi connectivity index (χ1v) is 16.3. The lowest BCUT2D eigenvalue weighted by atomic mass is 9.73. The molecule has 9 nitrogen and oxygen atoms in total. The summed E-state index contributed by atoms with van der Waals surface area (Å²) >= 11 is 0. The van der Waals surface area contributed by atoms with Crippen molar-refractivity contribution < 1.29 is 9.53 Å². The predicted octanol–water partition coefficient (Wildman–Crippen LogP) is 6.68. The molecule has 236 valence electrons. The topological polar surface area (TPSA) is 122 Å². The van der Waals surface area contributed by atoms with Crippen molar-refractivity contribution in [2.45, 2.75) is 83.2 Å². The van der Waals surface area contributed by atoms with Crippen LogP contribution in [-0.2, 0) is 4.79 Å². The Morgan fingerprint density at radius 1 is 0.933 bits per heavy atom. The number of aromatic nitrogens is 4. The molecule has 1 amide bonds. The Morgan fingerprint density at radius 2 is 1.56 bits per heavy atom. The van der Waals surface area contributed by atoms with Gasteiger partial charge in [-0.25, -0.2) is 9.78 Å². The van der Waals surface area contributed by atoms with Crippen LogP contribution in [0.3, 0.4) is 0 Å². The number of ether oxygens (including phenoxy) is 1. The van der Waals surface area contributed by atoms with Gasteiger partial charge in [-0.15, -0.1) is 0 Å². The van der Waals surface area contributed by atoms with Gasteiger partial charge in [0.1, 0.15) is 17.1 Å². The number of methoxy groups -OCH3 is 1. The molecular weight excluding hydrogens is 566 g/mol. The van der Waals surface area contributed by atoms with Gasteiger partial charge in [0.05, 0.1) is 13.2 Å². The molecule has 2 fully saturated rings. The number of H-pyrrole nitrogens is 2. The van der Waals surface area contributed by atoms with Crippen LogP contribution in [0.1, 0.15) is 94.3 Å². The Morgan fingerprint density at radius 3 is 2.18 bits per heavy atom. The summed E-state index contributed by atoms with van der Waals surface area (Å²) in [5.41, 5.74) is 2.52. The number of benzene rings is 2. The zero-order valence-electron chi connectivity index (χ0n) is 26.2. The molecule has 9 heteroatoms. The van der Waals surface area contributed by atoms with Crippen molar-refractivity contribution in [3.8, 4) is 17.1 Å². The van der Waals surface area contributed by atoms with E-state index in [-0.39, 0.29) is 34.9 Å². The first-order chi connectivity index (χ1) is 21.9. The molecule has 2 heterocycles. The molecule has 1 unspecified atom stereocenters. The minimum Gasteiger partial charge on any atom is -0.496 e. The van der Waals surface area contributed by atoms with Crippen molar-refractivity contribution in [2.75, 3.05) is 7.11 Å². The summed E-state index contributed by atoms with van der Waals surface area (Å²) in [5, 5.41) is 3.00. The molecule has 0 radical (unpaired) electrons. The molecular formula is C36H43N5O4. The Hall–Kier alpha value is -4.40. The molecule has 1 atom stereocenters. The molecule has 0 bridgehead atoms. The van der Waals surface area contributed by atoms with E-state index in [0.717, 1.165) is 62.5 Å². The first-order valence-electron chi connectivity index (χ1n) is 16.3. The molecule has 45 heavy (non-hydrogen) atoms. The van der Waals surface area contributed by atoms with Crippen LogP contribution in [0.4, 0.5) is 0 Å². The number of imidazole rings is 1. The zero-order chi connectivity index (χ0) is 31.5. The van der Waals surface area contributed by atoms with Crippen molar-refractivity contribution in [1.29, 1.82) is 0 Å². The lowest BCUT2D eigenvalue weighted by Gasteiger charge is -2.38. The lowest BCUT2D eigenvalue weighted by molar-refractivity contribution is -0.116. The largest absolute Gasteiger partial charge is 0.496 e. The maximum absolute atomic E-state index is 14.0. The third kappa shape index (κ3) is 6.26. The fraction of sp³-hybridized carbons (Fsp3) is 0.444. The van der Waals surface area contributed by atoms with Crippen LogP contribution in [-0.4, -0.2) is 32.5 Å². The van der Waals surface area contributed by atoms with Gasteiger partial charge in [0.15, 0.2) is 5.65 Å². The Kier molecular flexibility index (Phi) is 9.05. The molecule has 2 aliphatic carbocycles. The van der Waals surface area contributed by atoms with E-state index in [2.05, 4.69) is 26.8 Å². The molecule has 4 aromatic rings. The molecule has 0 aliphatic heterocycles. The maximum atomic E-state index is 14.0. The number of carbonyl (C=O) groups excluding carboxylic acids is 1. The zero-order valence-corrected chi connectivity index (χ0v) is 26.2. The van der Waals surface area contributed by atoms with Crippen LogP contribution in [0.5, 0.6) is 5.75 Å². The number of para-hydroxylation sites is 1. The smallest absolute Gasteiger partial charge is 0.330 e. The minimum atomic E-state index is -0.369. The summed E-state index contributed by atoms with van der Waals surface area (Å²) in [6, 6.07) is 14.5. The molecule has 0 saturated heterocycles. The number of hydrogen-bond acceptors (Lipinski definition) is 5. The normalized spacial score (nSPS) is 17.0. The number of carbonyl (C=O) groups is 1. The van der Waals surface area contributed by atoms with Gasteiger partial charge in [0, 0.05) is 22.7 Å². The van der Waals surface area contributed by atoms with Crippen molar-refractivity contribution in [1.82, 2.24) is 24.8 Å². The van der Waals surface area contributed by atoms with Crippen LogP contribution < -0.4 is 21.3 Å². The van der Waals surface area contributed by atoms with Crippen molar-refractivity contribution in [3.63, 3.8) is 0 Å². The summed E-state index contributed by atoms with van der Waals surface area (Å²) in [6.07, 6.45) is 11.3. The van der Waals surface area contributed by atoms with E-state index in [9.17, 15) is 14.4 Å². The van der Waals surface area contributed by atoms with Gasteiger partial charge in [-0.2, -0.15) is 0 Å². The summed E-state index contributed by atoms with van der Waals surface area (Å²) in [4.78, 5) is 51.3. The fourth-order valence-corrected chi connectivity index (χ4v) is 7.50. The summed E-state index contributed by atoms with van der Waals surface area (Å²) in [7, 11) is 1.61. The highest BCUT2D eigenvalue weighted by Crippen LogP contribution is 2.42. The van der Waals surface area contributed by atoms with E-state index in [4.69, 9.17) is 4.74 Å². The van der Waals surface area contributed by atoms with Gasteiger partial charge in [-0.3, -0.25) is 19.1 Å². The molecule has 3 N–H and O–H groups in total. The van der Waals surface area contributed by atoms with E-state index in [1.165, 1.54) is 17.4 Å². The fourth-order valence-electron chi connectivity index (χ4n) is 7.50. The molecule has 2 saturated carbocycles. The minimum absolute atomic E-state index is 0.0832.